The standard InChI is InChI=1S/C13H14ClF3O2/c1-19-12-6-5-9(8-10(12)13(15,16)17)11(18)4-2-3-7-14/h5-6,8H,2-4,7H2,1H3. The predicted molar refractivity (Wildman–Crippen MR) is 66.9 cm³/mol. The number of hydrogen-bond donors (Lipinski definition) is 0. The Bertz CT molecular complexity index is 444. The first-order valence-electron chi connectivity index (χ1n) is 5.74. The van der Waals surface area contributed by atoms with Gasteiger partial charge in [0.15, 0.2) is 5.78 Å². The highest BCUT2D eigenvalue weighted by Crippen LogP contribution is 2.36. The molecule has 0 atom stereocenters. The van der Waals surface area contributed by atoms with Gasteiger partial charge in [0.1, 0.15) is 5.75 Å². The monoisotopic (exact) mass is 294 g/mol. The lowest BCUT2D eigenvalue weighted by molar-refractivity contribution is -0.138. The fourth-order valence-electron chi connectivity index (χ4n) is 1.63. The van der Waals surface area contributed by atoms with E-state index in [0.717, 1.165) is 19.2 Å². The van der Waals surface area contributed by atoms with Gasteiger partial charge < -0.3 is 4.74 Å². The molecule has 0 saturated carbocycles. The molecule has 1 aromatic carbocycles. The fraction of sp³-hybridized carbons (Fsp3) is 0.462. The Kier molecular flexibility index (Phi) is 5.66. The molecule has 0 unspecified atom stereocenters. The van der Waals surface area contributed by atoms with Crippen LogP contribution in [0, 0.1) is 0 Å². The first kappa shape index (κ1) is 15.8. The number of carbonyl (C=O) groups is 1. The molecule has 1 aromatic rings. The van der Waals surface area contributed by atoms with Crippen LogP contribution in [0.25, 0.3) is 0 Å². The van der Waals surface area contributed by atoms with Crippen LogP contribution < -0.4 is 4.74 Å². The molecule has 0 amide bonds. The zero-order valence-corrected chi connectivity index (χ0v) is 11.1. The van der Waals surface area contributed by atoms with E-state index in [9.17, 15) is 18.0 Å². The molecule has 0 heterocycles. The van der Waals surface area contributed by atoms with Crippen molar-refractivity contribution in [1.29, 1.82) is 0 Å². The number of rotatable bonds is 6. The predicted octanol–water partition coefficient (Wildman–Crippen LogP) is 4.31. The second-order valence-corrected chi connectivity index (χ2v) is 4.36. The minimum atomic E-state index is -4.54. The summed E-state index contributed by atoms with van der Waals surface area (Å²) in [4.78, 5) is 11.7. The van der Waals surface area contributed by atoms with Gasteiger partial charge in [0.25, 0.3) is 0 Å². The fourth-order valence-corrected chi connectivity index (χ4v) is 1.82. The van der Waals surface area contributed by atoms with Crippen molar-refractivity contribution >= 4 is 17.4 Å². The van der Waals surface area contributed by atoms with Crippen molar-refractivity contribution in [3.8, 4) is 5.75 Å². The third-order valence-electron chi connectivity index (χ3n) is 2.61. The van der Waals surface area contributed by atoms with Crippen molar-refractivity contribution in [1.82, 2.24) is 0 Å². The van der Waals surface area contributed by atoms with E-state index in [1.54, 1.807) is 0 Å². The minimum absolute atomic E-state index is 0.0442. The van der Waals surface area contributed by atoms with Gasteiger partial charge in [-0.15, -0.1) is 11.6 Å². The molecule has 0 radical (unpaired) electrons. The topological polar surface area (TPSA) is 26.3 Å². The number of methoxy groups -OCH3 is 1. The third kappa shape index (κ3) is 4.42. The van der Waals surface area contributed by atoms with Gasteiger partial charge in [-0.05, 0) is 31.0 Å². The number of benzene rings is 1. The highest BCUT2D eigenvalue weighted by atomic mass is 35.5. The van der Waals surface area contributed by atoms with Crippen LogP contribution >= 0.6 is 11.6 Å². The van der Waals surface area contributed by atoms with Crippen LogP contribution in [0.4, 0.5) is 13.2 Å². The van der Waals surface area contributed by atoms with Gasteiger partial charge in [0, 0.05) is 17.9 Å². The molecule has 0 spiro atoms. The van der Waals surface area contributed by atoms with Crippen LogP contribution in [0.3, 0.4) is 0 Å². The molecule has 19 heavy (non-hydrogen) atoms. The molecule has 1 rings (SSSR count). The molecule has 6 heteroatoms. The average Bonchev–Trinajstić information content (AvgIpc) is 2.37. The Morgan fingerprint density at radius 3 is 2.53 bits per heavy atom. The van der Waals surface area contributed by atoms with E-state index in [-0.39, 0.29) is 23.5 Å². The molecular formula is C13H14ClF3O2. The Morgan fingerprint density at radius 2 is 2.00 bits per heavy atom. The number of ketones is 1. The van der Waals surface area contributed by atoms with Gasteiger partial charge in [0.05, 0.1) is 12.7 Å². The molecule has 0 aromatic heterocycles. The van der Waals surface area contributed by atoms with Crippen LogP contribution in [0.15, 0.2) is 18.2 Å². The number of alkyl halides is 4. The van der Waals surface area contributed by atoms with Crippen molar-refractivity contribution in [2.75, 3.05) is 13.0 Å². The summed E-state index contributed by atoms with van der Waals surface area (Å²) in [5.74, 6) is -0.174. The second-order valence-electron chi connectivity index (χ2n) is 3.98. The Balaban J connectivity index is 2.95. The number of Topliss-reactive ketones (excluding diaryl/α,β-unsaturated/α-hetero) is 1. The van der Waals surface area contributed by atoms with Crippen LogP contribution in [-0.2, 0) is 6.18 Å². The van der Waals surface area contributed by atoms with Gasteiger partial charge in [-0.3, -0.25) is 4.79 Å². The van der Waals surface area contributed by atoms with Crippen molar-refractivity contribution in [2.24, 2.45) is 0 Å². The maximum absolute atomic E-state index is 12.8. The summed E-state index contributed by atoms with van der Waals surface area (Å²) >= 11 is 5.48. The van der Waals surface area contributed by atoms with Crippen LogP contribution in [0.5, 0.6) is 5.75 Å². The summed E-state index contributed by atoms with van der Waals surface area (Å²) in [5.41, 5.74) is -0.888. The Morgan fingerprint density at radius 1 is 1.32 bits per heavy atom. The molecule has 0 fully saturated rings. The van der Waals surface area contributed by atoms with Crippen molar-refractivity contribution in [3.05, 3.63) is 29.3 Å². The lowest BCUT2D eigenvalue weighted by Gasteiger charge is -2.13. The van der Waals surface area contributed by atoms with Gasteiger partial charge in [0.2, 0.25) is 0 Å². The van der Waals surface area contributed by atoms with Gasteiger partial charge in [-0.25, -0.2) is 0 Å². The van der Waals surface area contributed by atoms with Crippen LogP contribution in [0.1, 0.15) is 35.2 Å². The maximum atomic E-state index is 12.8. The van der Waals surface area contributed by atoms with E-state index in [0.29, 0.717) is 18.7 Å². The number of hydrogen-bond acceptors (Lipinski definition) is 2. The average molecular weight is 295 g/mol. The molecule has 106 valence electrons. The van der Waals surface area contributed by atoms with Crippen LogP contribution in [-0.4, -0.2) is 18.8 Å². The molecule has 0 bridgehead atoms. The zero-order chi connectivity index (χ0) is 14.5. The Hall–Kier alpha value is -1.23. The van der Waals surface area contributed by atoms with Crippen molar-refractivity contribution in [3.63, 3.8) is 0 Å². The molecule has 0 aliphatic heterocycles. The molecule has 0 aliphatic carbocycles. The second kappa shape index (κ2) is 6.80. The molecule has 0 saturated heterocycles. The molecule has 0 aliphatic rings. The van der Waals surface area contributed by atoms with Crippen molar-refractivity contribution in [2.45, 2.75) is 25.4 Å². The summed E-state index contributed by atoms with van der Waals surface area (Å²) in [5, 5.41) is 0. The summed E-state index contributed by atoms with van der Waals surface area (Å²) in [6.45, 7) is 0. The van der Waals surface area contributed by atoms with Gasteiger partial charge >= 0.3 is 6.18 Å². The normalized spacial score (nSPS) is 11.4. The quantitative estimate of drug-likeness (QED) is 0.444. The largest absolute Gasteiger partial charge is 0.496 e. The summed E-state index contributed by atoms with van der Waals surface area (Å²) in [7, 11) is 1.16. The molecular weight excluding hydrogens is 281 g/mol. The maximum Gasteiger partial charge on any atom is 0.419 e. The summed E-state index contributed by atoms with van der Waals surface area (Å²) in [6, 6.07) is 3.34. The lowest BCUT2D eigenvalue weighted by atomic mass is 10.0. The minimum Gasteiger partial charge on any atom is -0.496 e. The molecule has 2 nitrogen and oxygen atoms in total. The first-order valence-corrected chi connectivity index (χ1v) is 6.28. The van der Waals surface area contributed by atoms with E-state index in [4.69, 9.17) is 11.6 Å². The lowest BCUT2D eigenvalue weighted by Crippen LogP contribution is -2.10. The van der Waals surface area contributed by atoms with E-state index < -0.39 is 11.7 Å². The number of halogens is 4. The van der Waals surface area contributed by atoms with Gasteiger partial charge in [-0.1, -0.05) is 0 Å². The van der Waals surface area contributed by atoms with E-state index in [2.05, 4.69) is 4.74 Å². The Labute approximate surface area is 114 Å². The van der Waals surface area contributed by atoms with E-state index in [1.165, 1.54) is 6.07 Å². The SMILES string of the molecule is COc1ccc(C(=O)CCCCCl)cc1C(F)(F)F. The van der Waals surface area contributed by atoms with Crippen molar-refractivity contribution < 1.29 is 22.7 Å². The third-order valence-corrected chi connectivity index (χ3v) is 2.88. The number of carbonyl (C=O) groups excluding carboxylic acids is 1. The summed E-state index contributed by atoms with van der Waals surface area (Å²) in [6.07, 6.45) is -3.13. The highest BCUT2D eigenvalue weighted by Gasteiger charge is 2.34. The van der Waals surface area contributed by atoms with E-state index in [1.807, 2.05) is 0 Å². The smallest absolute Gasteiger partial charge is 0.419 e. The first-order chi connectivity index (χ1) is 8.90. The molecule has 0 N–H and O–H groups in total. The number of unbranched alkanes of at least 4 members (excludes halogenated alkanes) is 1. The van der Waals surface area contributed by atoms with E-state index >= 15 is 0 Å². The van der Waals surface area contributed by atoms with Crippen LogP contribution in [0.2, 0.25) is 0 Å². The summed E-state index contributed by atoms with van der Waals surface area (Å²) < 4.78 is 43.0. The zero-order valence-electron chi connectivity index (χ0n) is 10.4. The number of ether oxygens (including phenoxy) is 1. The van der Waals surface area contributed by atoms with Gasteiger partial charge in [-0.2, -0.15) is 13.2 Å². The highest BCUT2D eigenvalue weighted by molar-refractivity contribution is 6.17.